The van der Waals surface area contributed by atoms with Gasteiger partial charge in [0.15, 0.2) is 9.84 Å². The second-order valence-electron chi connectivity index (χ2n) is 10.1. The number of anilines is 4. The highest BCUT2D eigenvalue weighted by molar-refractivity contribution is 7.92. The lowest BCUT2D eigenvalue weighted by atomic mass is 10.0. The van der Waals surface area contributed by atoms with Crippen molar-refractivity contribution < 1.29 is 22.7 Å². The lowest BCUT2D eigenvalue weighted by Crippen LogP contribution is -2.35. The number of piperidine rings is 1. The number of nitrogens with zero attached hydrogens (tertiary/aromatic N) is 2. The van der Waals surface area contributed by atoms with Gasteiger partial charge in [-0.1, -0.05) is 17.7 Å². The normalized spacial score (nSPS) is 15.6. The monoisotopic (exact) mass is 622 g/mol. The molecule has 5 rings (SSSR count). The van der Waals surface area contributed by atoms with Crippen molar-refractivity contribution in [3.8, 4) is 0 Å². The summed E-state index contributed by atoms with van der Waals surface area (Å²) in [6.07, 6.45) is 8.72. The van der Waals surface area contributed by atoms with Gasteiger partial charge in [0.25, 0.3) is 11.8 Å². The lowest BCUT2D eigenvalue weighted by molar-refractivity contribution is -0.113. The van der Waals surface area contributed by atoms with Gasteiger partial charge in [0.1, 0.15) is 0 Å². The molecule has 0 radical (unpaired) electrons. The number of ether oxygens (including phenoxy) is 1. The Kier molecular flexibility index (Phi) is 9.39. The average Bonchev–Trinajstić information content (AvgIpc) is 3.03. The summed E-state index contributed by atoms with van der Waals surface area (Å²) in [5.41, 5.74) is 2.14. The molecule has 2 amide bonds. The Hall–Kier alpha value is -4.26. The molecule has 13 heteroatoms. The SMILES string of the molecule is COC1=CC=C(C(=O)Nc2ccc(Cl)c(C(=O)Nc3cnc(Nc4ccc(S(=O)(=O)C5CCNCC5)cc4)nc3)c2)CC1. The van der Waals surface area contributed by atoms with E-state index in [0.29, 0.717) is 61.4 Å². The molecule has 0 spiro atoms. The minimum atomic E-state index is -3.39. The second-order valence-corrected chi connectivity index (χ2v) is 12.7. The van der Waals surface area contributed by atoms with Crippen molar-refractivity contribution in [2.75, 3.05) is 36.1 Å². The third-order valence-electron chi connectivity index (χ3n) is 7.21. The Balaban J connectivity index is 1.19. The molecule has 0 saturated carbocycles. The number of nitrogens with one attached hydrogen (secondary N) is 4. The minimum absolute atomic E-state index is 0.167. The largest absolute Gasteiger partial charge is 0.501 e. The fraction of sp³-hybridized carbons (Fsp3) is 0.267. The highest BCUT2D eigenvalue weighted by Gasteiger charge is 2.28. The molecule has 224 valence electrons. The molecule has 1 aliphatic carbocycles. The number of halogens is 1. The van der Waals surface area contributed by atoms with E-state index in [9.17, 15) is 18.0 Å². The van der Waals surface area contributed by atoms with Crippen molar-refractivity contribution in [3.05, 3.63) is 88.9 Å². The van der Waals surface area contributed by atoms with Crippen LogP contribution in [0.1, 0.15) is 36.0 Å². The van der Waals surface area contributed by atoms with E-state index in [1.807, 2.05) is 0 Å². The number of sulfone groups is 1. The summed E-state index contributed by atoms with van der Waals surface area (Å²) < 4.78 is 31.0. The van der Waals surface area contributed by atoms with Crippen LogP contribution in [0.4, 0.5) is 23.0 Å². The zero-order valence-corrected chi connectivity index (χ0v) is 25.0. The summed E-state index contributed by atoms with van der Waals surface area (Å²) in [6.45, 7) is 1.39. The molecule has 1 fully saturated rings. The number of hydrogen-bond acceptors (Lipinski definition) is 9. The first kappa shape index (κ1) is 30.2. The average molecular weight is 623 g/mol. The molecule has 1 aliphatic heterocycles. The first-order valence-electron chi connectivity index (χ1n) is 13.7. The Morgan fingerprint density at radius 3 is 2.23 bits per heavy atom. The molecule has 0 unspecified atom stereocenters. The quantitative estimate of drug-likeness (QED) is 0.263. The van der Waals surface area contributed by atoms with Gasteiger partial charge in [0.2, 0.25) is 5.95 Å². The van der Waals surface area contributed by atoms with Gasteiger partial charge in [-0.2, -0.15) is 0 Å². The number of hydrogen-bond donors (Lipinski definition) is 4. The molecule has 2 heterocycles. The highest BCUT2D eigenvalue weighted by atomic mass is 35.5. The molecular weight excluding hydrogens is 592 g/mol. The summed E-state index contributed by atoms with van der Waals surface area (Å²) >= 11 is 6.29. The van der Waals surface area contributed by atoms with E-state index in [0.717, 1.165) is 5.76 Å². The van der Waals surface area contributed by atoms with Crippen LogP contribution < -0.4 is 21.3 Å². The number of carbonyl (C=O) groups excluding carboxylic acids is 2. The van der Waals surface area contributed by atoms with Gasteiger partial charge in [0, 0.05) is 23.4 Å². The van der Waals surface area contributed by atoms with Crippen LogP contribution in [-0.2, 0) is 19.4 Å². The van der Waals surface area contributed by atoms with Crippen molar-refractivity contribution in [1.82, 2.24) is 15.3 Å². The van der Waals surface area contributed by atoms with Gasteiger partial charge in [0.05, 0.1) is 51.7 Å². The van der Waals surface area contributed by atoms with Crippen molar-refractivity contribution in [2.45, 2.75) is 35.8 Å². The van der Waals surface area contributed by atoms with Gasteiger partial charge < -0.3 is 26.0 Å². The maximum atomic E-state index is 13.0. The van der Waals surface area contributed by atoms with Crippen LogP contribution in [0.3, 0.4) is 0 Å². The van der Waals surface area contributed by atoms with Crippen LogP contribution in [0, 0.1) is 0 Å². The van der Waals surface area contributed by atoms with Crippen LogP contribution in [0.25, 0.3) is 0 Å². The van der Waals surface area contributed by atoms with Crippen molar-refractivity contribution in [2.24, 2.45) is 0 Å². The van der Waals surface area contributed by atoms with Crippen LogP contribution in [-0.4, -0.2) is 55.6 Å². The number of carbonyl (C=O) groups is 2. The summed E-state index contributed by atoms with van der Waals surface area (Å²) in [7, 11) is -1.80. The van der Waals surface area contributed by atoms with Crippen LogP contribution in [0.15, 0.2) is 83.2 Å². The highest BCUT2D eigenvalue weighted by Crippen LogP contribution is 2.26. The van der Waals surface area contributed by atoms with Gasteiger partial charge in [-0.25, -0.2) is 18.4 Å². The molecule has 0 atom stereocenters. The maximum absolute atomic E-state index is 13.0. The predicted octanol–water partition coefficient (Wildman–Crippen LogP) is 4.84. The fourth-order valence-corrected chi connectivity index (χ4v) is 6.74. The summed E-state index contributed by atoms with van der Waals surface area (Å²) in [5, 5.41) is 11.6. The Bertz CT molecular complexity index is 1670. The van der Waals surface area contributed by atoms with Gasteiger partial charge >= 0.3 is 0 Å². The number of allylic oxidation sites excluding steroid dienone is 3. The van der Waals surface area contributed by atoms with E-state index in [2.05, 4.69) is 31.2 Å². The Labute approximate surface area is 254 Å². The Morgan fingerprint density at radius 1 is 0.907 bits per heavy atom. The molecule has 11 nitrogen and oxygen atoms in total. The predicted molar refractivity (Wildman–Crippen MR) is 165 cm³/mol. The number of methoxy groups -OCH3 is 1. The third kappa shape index (κ3) is 7.39. The van der Waals surface area contributed by atoms with Gasteiger partial charge in [-0.3, -0.25) is 9.59 Å². The van der Waals surface area contributed by atoms with Gasteiger partial charge in [-0.15, -0.1) is 0 Å². The second kappa shape index (κ2) is 13.4. The van der Waals surface area contributed by atoms with E-state index in [1.165, 1.54) is 24.5 Å². The molecule has 2 aromatic carbocycles. The van der Waals surface area contributed by atoms with Crippen LogP contribution in [0.5, 0.6) is 0 Å². The number of benzene rings is 2. The summed E-state index contributed by atoms with van der Waals surface area (Å²) in [6, 6.07) is 11.1. The number of rotatable bonds is 9. The van der Waals surface area contributed by atoms with Gasteiger partial charge in [-0.05, 0) is 80.9 Å². The smallest absolute Gasteiger partial charge is 0.257 e. The molecule has 2 aliphatic rings. The number of aromatic nitrogens is 2. The summed E-state index contributed by atoms with van der Waals surface area (Å²) in [5.74, 6) is 0.304. The minimum Gasteiger partial charge on any atom is -0.501 e. The molecular formula is C30H31ClN6O5S. The molecule has 4 N–H and O–H groups in total. The Morgan fingerprint density at radius 2 is 1.58 bits per heavy atom. The topological polar surface area (TPSA) is 151 Å². The zero-order chi connectivity index (χ0) is 30.4. The van der Waals surface area contributed by atoms with Crippen molar-refractivity contribution >= 4 is 56.3 Å². The first-order chi connectivity index (χ1) is 20.7. The van der Waals surface area contributed by atoms with E-state index in [1.54, 1.807) is 49.6 Å². The standard InChI is InChI=1S/C30H31ClN6O5S/c1-42-23-7-2-19(3-8-23)28(38)35-21-6-11-27(31)26(16-21)29(39)36-22-17-33-30(34-18-22)37-20-4-9-24(10-5-20)43(40,41)25-12-14-32-15-13-25/h2,4-7,9-11,16-18,25,32H,3,8,12-15H2,1H3,(H,35,38)(H,36,39)(H,33,34,37). The third-order valence-corrected chi connectivity index (χ3v) is 9.82. The van der Waals surface area contributed by atoms with E-state index >= 15 is 0 Å². The molecule has 43 heavy (non-hydrogen) atoms. The zero-order valence-electron chi connectivity index (χ0n) is 23.4. The summed E-state index contributed by atoms with van der Waals surface area (Å²) in [4.78, 5) is 34.4. The maximum Gasteiger partial charge on any atom is 0.257 e. The molecule has 3 aromatic rings. The van der Waals surface area contributed by atoms with E-state index in [4.69, 9.17) is 16.3 Å². The van der Waals surface area contributed by atoms with E-state index < -0.39 is 15.7 Å². The van der Waals surface area contributed by atoms with E-state index in [-0.39, 0.29) is 32.6 Å². The molecule has 0 bridgehead atoms. The van der Waals surface area contributed by atoms with Crippen LogP contribution in [0.2, 0.25) is 5.02 Å². The lowest BCUT2D eigenvalue weighted by Gasteiger charge is -2.22. The van der Waals surface area contributed by atoms with Crippen LogP contribution >= 0.6 is 11.6 Å². The first-order valence-corrected chi connectivity index (χ1v) is 15.6. The number of amides is 2. The molecule has 1 saturated heterocycles. The molecule has 1 aromatic heterocycles. The van der Waals surface area contributed by atoms with Crippen molar-refractivity contribution in [3.63, 3.8) is 0 Å². The fourth-order valence-electron chi connectivity index (χ4n) is 4.78. The van der Waals surface area contributed by atoms with Crippen molar-refractivity contribution in [1.29, 1.82) is 0 Å².